The highest BCUT2D eigenvalue weighted by Gasteiger charge is 2.35. The summed E-state index contributed by atoms with van der Waals surface area (Å²) in [5.41, 5.74) is 2.87. The molecule has 1 aliphatic carbocycles. The first kappa shape index (κ1) is 17.2. The number of quaternary nitrogens is 1. The van der Waals surface area contributed by atoms with Gasteiger partial charge in [0.15, 0.2) is 6.10 Å². The Morgan fingerprint density at radius 1 is 1.33 bits per heavy atom. The third kappa shape index (κ3) is 3.55. The molecule has 130 valence electrons. The summed E-state index contributed by atoms with van der Waals surface area (Å²) in [6.45, 7) is 1.50. The molecular formula is C20H28NO3+. The minimum atomic E-state index is -1.21. The molecule has 2 aliphatic rings. The summed E-state index contributed by atoms with van der Waals surface area (Å²) < 4.78 is 6.35. The number of nitrogens with zero attached hydrogens (tertiary/aromatic N) is 1. The number of benzene rings is 1. The number of allylic oxidation sites excluding steroid dienone is 2. The van der Waals surface area contributed by atoms with Gasteiger partial charge in [-0.05, 0) is 36.0 Å². The quantitative estimate of drug-likeness (QED) is 0.667. The van der Waals surface area contributed by atoms with Crippen LogP contribution < -0.4 is 0 Å². The van der Waals surface area contributed by atoms with Crippen molar-refractivity contribution in [2.45, 2.75) is 44.2 Å². The highest BCUT2D eigenvalue weighted by molar-refractivity contribution is 5.80. The number of hydrogen-bond donors (Lipinski definition) is 1. The Balaban J connectivity index is 1.68. The molecule has 1 N–H and O–H groups in total. The zero-order valence-corrected chi connectivity index (χ0v) is 14.7. The number of aliphatic hydroxyl groups is 1. The van der Waals surface area contributed by atoms with Gasteiger partial charge in [-0.2, -0.15) is 0 Å². The molecule has 1 saturated heterocycles. The van der Waals surface area contributed by atoms with Crippen molar-refractivity contribution in [2.75, 3.05) is 27.2 Å². The molecule has 4 heteroatoms. The molecule has 24 heavy (non-hydrogen) atoms. The smallest absolute Gasteiger partial charge is 0.339 e. The molecule has 1 heterocycles. The highest BCUT2D eigenvalue weighted by Crippen LogP contribution is 2.33. The van der Waals surface area contributed by atoms with Crippen LogP contribution in [0.1, 0.15) is 49.3 Å². The van der Waals surface area contributed by atoms with Crippen LogP contribution in [0.4, 0.5) is 0 Å². The summed E-state index contributed by atoms with van der Waals surface area (Å²) >= 11 is 0. The highest BCUT2D eigenvalue weighted by atomic mass is 16.5. The maximum Gasteiger partial charge on any atom is 0.339 e. The topological polar surface area (TPSA) is 46.5 Å². The van der Waals surface area contributed by atoms with Crippen molar-refractivity contribution in [2.24, 2.45) is 0 Å². The first-order chi connectivity index (χ1) is 11.5. The summed E-state index contributed by atoms with van der Waals surface area (Å²) in [7, 11) is 4.34. The second-order valence-electron chi connectivity index (χ2n) is 7.54. The van der Waals surface area contributed by atoms with Gasteiger partial charge in [-0.1, -0.05) is 30.3 Å². The Labute approximate surface area is 144 Å². The molecule has 2 atom stereocenters. The maximum absolute atomic E-state index is 12.4. The zero-order valence-electron chi connectivity index (χ0n) is 14.7. The molecule has 3 rings (SSSR count). The van der Waals surface area contributed by atoms with Crippen molar-refractivity contribution >= 4 is 11.5 Å². The van der Waals surface area contributed by atoms with Crippen LogP contribution in [0.3, 0.4) is 0 Å². The molecule has 1 fully saturated rings. The second kappa shape index (κ2) is 7.08. The summed E-state index contributed by atoms with van der Waals surface area (Å²) in [6, 6.07) is 7.96. The molecule has 4 nitrogen and oxygen atoms in total. The fourth-order valence-electron chi connectivity index (χ4n) is 3.88. The first-order valence-electron chi connectivity index (χ1n) is 8.95. The summed E-state index contributed by atoms with van der Waals surface area (Å²) in [5, 5.41) is 10.5. The molecule has 0 spiro atoms. The number of rotatable bonds is 5. The Morgan fingerprint density at radius 3 is 2.79 bits per heavy atom. The molecule has 0 bridgehead atoms. The van der Waals surface area contributed by atoms with Crippen molar-refractivity contribution in [1.82, 2.24) is 0 Å². The Bertz CT molecular complexity index is 636. The summed E-state index contributed by atoms with van der Waals surface area (Å²) in [6.07, 6.45) is 6.44. The average Bonchev–Trinajstić information content (AvgIpc) is 3.21. The number of likely N-dealkylation sites (N-methyl/N-ethyl adjacent to an activating group) is 1. The SMILES string of the molecule is C[N+]1(C)CCC[C@@H]1COC(=O)[C@@H](O)c1ccccc1C1=CCCC1. The molecule has 0 amide bonds. The first-order valence-corrected chi connectivity index (χ1v) is 8.95. The summed E-state index contributed by atoms with van der Waals surface area (Å²) in [5.74, 6) is -0.534. The lowest BCUT2D eigenvalue weighted by atomic mass is 9.96. The van der Waals surface area contributed by atoms with Crippen molar-refractivity contribution in [3.63, 3.8) is 0 Å². The van der Waals surface area contributed by atoms with Gasteiger partial charge in [0.25, 0.3) is 0 Å². The van der Waals surface area contributed by atoms with Gasteiger partial charge in [0.2, 0.25) is 0 Å². The third-order valence-corrected chi connectivity index (χ3v) is 5.54. The van der Waals surface area contributed by atoms with E-state index in [9.17, 15) is 9.90 Å². The Kier molecular flexibility index (Phi) is 5.07. The van der Waals surface area contributed by atoms with E-state index >= 15 is 0 Å². The van der Waals surface area contributed by atoms with Crippen LogP contribution in [0.25, 0.3) is 5.57 Å². The molecule has 0 aromatic heterocycles. The molecule has 0 unspecified atom stereocenters. The predicted octanol–water partition coefficient (Wildman–Crippen LogP) is 3.07. The van der Waals surface area contributed by atoms with E-state index in [0.29, 0.717) is 18.2 Å². The molecule has 1 aromatic rings. The Hall–Kier alpha value is -1.65. The van der Waals surface area contributed by atoms with Crippen molar-refractivity contribution < 1.29 is 19.1 Å². The van der Waals surface area contributed by atoms with Crippen LogP contribution >= 0.6 is 0 Å². The number of carbonyl (C=O) groups is 1. The van der Waals surface area contributed by atoms with Gasteiger partial charge in [0.05, 0.1) is 20.6 Å². The van der Waals surface area contributed by atoms with E-state index in [0.717, 1.165) is 48.7 Å². The Morgan fingerprint density at radius 2 is 2.12 bits per heavy atom. The van der Waals surface area contributed by atoms with Crippen LogP contribution in [0.5, 0.6) is 0 Å². The monoisotopic (exact) mass is 330 g/mol. The number of esters is 1. The van der Waals surface area contributed by atoms with E-state index in [1.54, 1.807) is 0 Å². The van der Waals surface area contributed by atoms with Crippen LogP contribution in [-0.2, 0) is 9.53 Å². The van der Waals surface area contributed by atoms with Crippen molar-refractivity contribution in [3.05, 3.63) is 41.5 Å². The fraction of sp³-hybridized carbons (Fsp3) is 0.550. The van der Waals surface area contributed by atoms with E-state index in [-0.39, 0.29) is 0 Å². The van der Waals surface area contributed by atoms with Crippen LogP contribution in [0.15, 0.2) is 30.3 Å². The van der Waals surface area contributed by atoms with E-state index < -0.39 is 12.1 Å². The van der Waals surface area contributed by atoms with Gasteiger partial charge >= 0.3 is 5.97 Å². The average molecular weight is 330 g/mol. The van der Waals surface area contributed by atoms with Crippen LogP contribution in [0, 0.1) is 0 Å². The lowest BCUT2D eigenvalue weighted by Crippen LogP contribution is -2.46. The van der Waals surface area contributed by atoms with Crippen LogP contribution in [0.2, 0.25) is 0 Å². The van der Waals surface area contributed by atoms with Gasteiger partial charge in [-0.25, -0.2) is 4.79 Å². The largest absolute Gasteiger partial charge is 0.457 e. The van der Waals surface area contributed by atoms with Gasteiger partial charge < -0.3 is 14.3 Å². The second-order valence-corrected chi connectivity index (χ2v) is 7.54. The van der Waals surface area contributed by atoms with Gasteiger partial charge in [0, 0.05) is 12.8 Å². The van der Waals surface area contributed by atoms with E-state index in [1.807, 2.05) is 24.3 Å². The van der Waals surface area contributed by atoms with Crippen molar-refractivity contribution in [1.29, 1.82) is 0 Å². The van der Waals surface area contributed by atoms with Gasteiger partial charge in [-0.3, -0.25) is 0 Å². The van der Waals surface area contributed by atoms with Gasteiger partial charge in [-0.15, -0.1) is 0 Å². The van der Waals surface area contributed by atoms with Crippen LogP contribution in [-0.4, -0.2) is 48.8 Å². The van der Waals surface area contributed by atoms with E-state index in [2.05, 4.69) is 20.2 Å². The molecular weight excluding hydrogens is 302 g/mol. The standard InChI is InChI=1S/C20H28NO3/c1-21(2)13-7-10-16(21)14-24-20(23)19(22)18-12-6-5-11-17(18)15-8-3-4-9-15/h5-6,8,11-12,16,19,22H,3-4,7,9-10,13-14H2,1-2H3/q+1/t16-,19+/m1/s1. The molecule has 0 saturated carbocycles. The van der Waals surface area contributed by atoms with Crippen molar-refractivity contribution in [3.8, 4) is 0 Å². The van der Waals surface area contributed by atoms with Gasteiger partial charge in [0.1, 0.15) is 12.6 Å². The molecule has 1 aromatic carbocycles. The number of likely N-dealkylation sites (tertiary alicyclic amines) is 1. The summed E-state index contributed by atoms with van der Waals surface area (Å²) in [4.78, 5) is 12.4. The fourth-order valence-corrected chi connectivity index (χ4v) is 3.88. The zero-order chi connectivity index (χ0) is 17.2. The van der Waals surface area contributed by atoms with E-state index in [4.69, 9.17) is 4.74 Å². The third-order valence-electron chi connectivity index (χ3n) is 5.54. The lowest BCUT2D eigenvalue weighted by Gasteiger charge is -2.31. The normalized spacial score (nSPS) is 23.8. The molecule has 1 aliphatic heterocycles. The molecule has 0 radical (unpaired) electrons. The minimum absolute atomic E-state index is 0.328. The maximum atomic E-state index is 12.4. The number of aliphatic hydroxyl groups excluding tert-OH is 1. The number of carbonyl (C=O) groups excluding carboxylic acids is 1. The van der Waals surface area contributed by atoms with E-state index in [1.165, 1.54) is 5.57 Å². The lowest BCUT2D eigenvalue weighted by molar-refractivity contribution is -0.902. The number of hydrogen-bond acceptors (Lipinski definition) is 3. The minimum Gasteiger partial charge on any atom is -0.457 e. The number of ether oxygens (including phenoxy) is 1. The predicted molar refractivity (Wildman–Crippen MR) is 94.2 cm³/mol.